The molecule has 0 saturated carbocycles. The van der Waals surface area contributed by atoms with Crippen molar-refractivity contribution in [3.05, 3.63) is 0 Å². The van der Waals surface area contributed by atoms with E-state index in [1.807, 2.05) is 4.90 Å². The fraction of sp³-hybridized carbons (Fsp3) is 0.917. The molecule has 0 aromatic carbocycles. The van der Waals surface area contributed by atoms with Crippen LogP contribution in [0.3, 0.4) is 0 Å². The summed E-state index contributed by atoms with van der Waals surface area (Å²) in [6, 6.07) is -0.358. The van der Waals surface area contributed by atoms with Crippen molar-refractivity contribution in [2.45, 2.75) is 58.9 Å². The molecule has 15 heavy (non-hydrogen) atoms. The molecule has 0 aromatic rings. The Kier molecular flexibility index (Phi) is 8.38. The maximum atomic E-state index is 11.7. The number of nitrogens with two attached hydrogens (primary N) is 1. The second-order valence-corrected chi connectivity index (χ2v) is 4.17. The van der Waals surface area contributed by atoms with Gasteiger partial charge in [0.2, 0.25) is 5.91 Å². The molecule has 0 saturated heterocycles. The van der Waals surface area contributed by atoms with Gasteiger partial charge >= 0.3 is 0 Å². The molecule has 0 spiro atoms. The van der Waals surface area contributed by atoms with Gasteiger partial charge in [-0.3, -0.25) is 4.79 Å². The Labute approximate surface area is 94.0 Å². The fourth-order valence-electron chi connectivity index (χ4n) is 1.52. The van der Waals surface area contributed by atoms with Crippen molar-refractivity contribution in [1.82, 2.24) is 4.90 Å². The van der Waals surface area contributed by atoms with Crippen molar-refractivity contribution in [3.8, 4) is 0 Å². The standard InChI is InChI=1S/C12H26N2O/c1-4-6-8-10-14(9-7-5-2)12(15)11(3)13/h11H,4-10,13H2,1-3H3. The van der Waals surface area contributed by atoms with Crippen molar-refractivity contribution in [2.75, 3.05) is 13.1 Å². The van der Waals surface area contributed by atoms with Gasteiger partial charge in [0, 0.05) is 13.1 Å². The first-order chi connectivity index (χ1) is 7.13. The molecule has 2 N–H and O–H groups in total. The van der Waals surface area contributed by atoms with Crippen LogP contribution in [0.15, 0.2) is 0 Å². The molecule has 0 bridgehead atoms. The van der Waals surface area contributed by atoms with Gasteiger partial charge in [-0.15, -0.1) is 0 Å². The summed E-state index contributed by atoms with van der Waals surface area (Å²) < 4.78 is 0. The van der Waals surface area contributed by atoms with Gasteiger partial charge in [-0.25, -0.2) is 0 Å². The highest BCUT2D eigenvalue weighted by atomic mass is 16.2. The topological polar surface area (TPSA) is 46.3 Å². The molecule has 0 heterocycles. The van der Waals surface area contributed by atoms with Crippen LogP contribution in [-0.2, 0) is 4.79 Å². The van der Waals surface area contributed by atoms with Crippen molar-refractivity contribution in [2.24, 2.45) is 5.73 Å². The van der Waals surface area contributed by atoms with Gasteiger partial charge < -0.3 is 10.6 Å². The lowest BCUT2D eigenvalue weighted by atomic mass is 10.2. The summed E-state index contributed by atoms with van der Waals surface area (Å²) >= 11 is 0. The van der Waals surface area contributed by atoms with Crippen molar-refractivity contribution in [3.63, 3.8) is 0 Å². The maximum absolute atomic E-state index is 11.7. The predicted molar refractivity (Wildman–Crippen MR) is 64.7 cm³/mol. The van der Waals surface area contributed by atoms with Gasteiger partial charge in [0.25, 0.3) is 0 Å². The highest BCUT2D eigenvalue weighted by Gasteiger charge is 2.15. The Morgan fingerprint density at radius 3 is 2.13 bits per heavy atom. The highest BCUT2D eigenvalue weighted by molar-refractivity contribution is 5.81. The molecule has 90 valence electrons. The van der Waals surface area contributed by atoms with Crippen molar-refractivity contribution < 1.29 is 4.79 Å². The van der Waals surface area contributed by atoms with Crippen LogP contribution in [0, 0.1) is 0 Å². The summed E-state index contributed by atoms with van der Waals surface area (Å²) in [4.78, 5) is 13.7. The first-order valence-corrected chi connectivity index (χ1v) is 6.17. The number of carbonyl (C=O) groups is 1. The van der Waals surface area contributed by atoms with Crippen LogP contribution in [0.1, 0.15) is 52.9 Å². The molecule has 1 atom stereocenters. The zero-order chi connectivity index (χ0) is 11.7. The molecule has 3 nitrogen and oxygen atoms in total. The van der Waals surface area contributed by atoms with E-state index in [9.17, 15) is 4.79 Å². The van der Waals surface area contributed by atoms with Gasteiger partial charge in [-0.2, -0.15) is 0 Å². The Balaban J connectivity index is 3.99. The SMILES string of the molecule is CCCCCN(CCCC)C(=O)C(C)N. The zero-order valence-corrected chi connectivity index (χ0v) is 10.5. The van der Waals surface area contributed by atoms with Crippen LogP contribution in [0.25, 0.3) is 0 Å². The van der Waals surface area contributed by atoms with Crippen LogP contribution in [0.2, 0.25) is 0 Å². The molecule has 0 aromatic heterocycles. The number of hydrogen-bond acceptors (Lipinski definition) is 2. The lowest BCUT2D eigenvalue weighted by molar-refractivity contribution is -0.132. The minimum Gasteiger partial charge on any atom is -0.341 e. The van der Waals surface area contributed by atoms with E-state index in [1.54, 1.807) is 6.92 Å². The second kappa shape index (κ2) is 8.72. The van der Waals surface area contributed by atoms with Crippen molar-refractivity contribution in [1.29, 1.82) is 0 Å². The minimum absolute atomic E-state index is 0.0968. The summed E-state index contributed by atoms with van der Waals surface area (Å²) in [5.74, 6) is 0.0968. The van der Waals surface area contributed by atoms with E-state index < -0.39 is 0 Å². The largest absolute Gasteiger partial charge is 0.341 e. The van der Waals surface area contributed by atoms with Gasteiger partial charge in [0.15, 0.2) is 0 Å². The Morgan fingerprint density at radius 1 is 1.13 bits per heavy atom. The predicted octanol–water partition coefficient (Wildman–Crippen LogP) is 2.15. The quantitative estimate of drug-likeness (QED) is 0.629. The lowest BCUT2D eigenvalue weighted by Gasteiger charge is -2.24. The summed E-state index contributed by atoms with van der Waals surface area (Å²) in [5.41, 5.74) is 5.62. The number of nitrogens with zero attached hydrogens (tertiary/aromatic N) is 1. The molecule has 0 radical (unpaired) electrons. The highest BCUT2D eigenvalue weighted by Crippen LogP contribution is 2.03. The molecule has 0 aliphatic carbocycles. The van der Waals surface area contributed by atoms with Gasteiger partial charge in [0.05, 0.1) is 6.04 Å². The fourth-order valence-corrected chi connectivity index (χ4v) is 1.52. The third kappa shape index (κ3) is 6.50. The average Bonchev–Trinajstić information content (AvgIpc) is 2.22. The molecule has 0 fully saturated rings. The van der Waals surface area contributed by atoms with Crippen LogP contribution in [0.5, 0.6) is 0 Å². The summed E-state index contributed by atoms with van der Waals surface area (Å²) in [7, 11) is 0. The third-order valence-corrected chi connectivity index (χ3v) is 2.51. The average molecular weight is 214 g/mol. The zero-order valence-electron chi connectivity index (χ0n) is 10.5. The van der Waals surface area contributed by atoms with E-state index in [2.05, 4.69) is 13.8 Å². The van der Waals surface area contributed by atoms with Gasteiger partial charge in [-0.05, 0) is 19.8 Å². The van der Waals surface area contributed by atoms with Crippen LogP contribution in [0.4, 0.5) is 0 Å². The number of hydrogen-bond donors (Lipinski definition) is 1. The second-order valence-electron chi connectivity index (χ2n) is 4.17. The molecule has 0 rings (SSSR count). The molecule has 0 aliphatic heterocycles. The summed E-state index contributed by atoms with van der Waals surface area (Å²) in [5, 5.41) is 0. The molecule has 3 heteroatoms. The Bertz CT molecular complexity index is 169. The van der Waals surface area contributed by atoms with E-state index in [-0.39, 0.29) is 11.9 Å². The number of rotatable bonds is 8. The maximum Gasteiger partial charge on any atom is 0.239 e. The molecule has 1 amide bonds. The monoisotopic (exact) mass is 214 g/mol. The van der Waals surface area contributed by atoms with E-state index in [1.165, 1.54) is 12.8 Å². The molecule has 0 aliphatic rings. The lowest BCUT2D eigenvalue weighted by Crippen LogP contribution is -2.43. The van der Waals surface area contributed by atoms with Crippen LogP contribution < -0.4 is 5.73 Å². The Hall–Kier alpha value is -0.570. The molecular weight excluding hydrogens is 188 g/mol. The van der Waals surface area contributed by atoms with Crippen LogP contribution in [-0.4, -0.2) is 29.9 Å². The van der Waals surface area contributed by atoms with Gasteiger partial charge in [0.1, 0.15) is 0 Å². The first kappa shape index (κ1) is 14.4. The normalized spacial score (nSPS) is 12.5. The molecule has 1 unspecified atom stereocenters. The Morgan fingerprint density at radius 2 is 1.67 bits per heavy atom. The number of amides is 1. The first-order valence-electron chi connectivity index (χ1n) is 6.17. The molecular formula is C12H26N2O. The van der Waals surface area contributed by atoms with Crippen LogP contribution >= 0.6 is 0 Å². The van der Waals surface area contributed by atoms with Crippen molar-refractivity contribution >= 4 is 5.91 Å². The van der Waals surface area contributed by atoms with E-state index in [0.717, 1.165) is 32.4 Å². The number of unbranched alkanes of at least 4 members (excludes halogenated alkanes) is 3. The van der Waals surface area contributed by atoms with E-state index in [0.29, 0.717) is 0 Å². The summed E-state index contributed by atoms with van der Waals surface area (Å²) in [6.07, 6.45) is 5.67. The minimum atomic E-state index is -0.358. The van der Waals surface area contributed by atoms with E-state index >= 15 is 0 Å². The van der Waals surface area contributed by atoms with E-state index in [4.69, 9.17) is 5.73 Å². The summed E-state index contributed by atoms with van der Waals surface area (Å²) in [6.45, 7) is 7.81. The van der Waals surface area contributed by atoms with Gasteiger partial charge in [-0.1, -0.05) is 33.1 Å². The third-order valence-electron chi connectivity index (χ3n) is 2.51. The number of carbonyl (C=O) groups excluding carboxylic acids is 1. The smallest absolute Gasteiger partial charge is 0.239 e.